The Morgan fingerprint density at radius 2 is 0.867 bits per heavy atom. The average molecular weight is 680 g/mol. The van der Waals surface area contributed by atoms with E-state index in [2.05, 4.69) is 19.4 Å². The molecule has 0 unspecified atom stereocenters. The molecule has 2 aliphatic heterocycles. The quantitative estimate of drug-likeness (QED) is 0.174. The van der Waals surface area contributed by atoms with Gasteiger partial charge in [0.1, 0.15) is 20.0 Å². The van der Waals surface area contributed by atoms with E-state index in [1.807, 2.05) is 60.7 Å². The Morgan fingerprint density at radius 3 is 1.31 bits per heavy atom. The van der Waals surface area contributed by atoms with Crippen LogP contribution >= 0.6 is 0 Å². The van der Waals surface area contributed by atoms with Crippen LogP contribution in [0.25, 0.3) is 54.5 Å². The van der Waals surface area contributed by atoms with Crippen LogP contribution < -0.4 is 0 Å². The fourth-order valence-corrected chi connectivity index (χ4v) is 7.66. The van der Waals surface area contributed by atoms with Gasteiger partial charge in [0.2, 0.25) is 0 Å². The van der Waals surface area contributed by atoms with Crippen LogP contribution in [0.1, 0.15) is 22.5 Å². The van der Waals surface area contributed by atoms with Crippen LogP contribution in [-0.2, 0) is 39.5 Å². The maximum Gasteiger partial charge on any atom is 2.00 e. The normalized spacial score (nSPS) is 17.0. The fraction of sp³-hybridized carbons (Fsp3) is 0. The second-order valence-electron chi connectivity index (χ2n) is 10.0. The van der Waals surface area contributed by atoms with Crippen LogP contribution in [0.2, 0.25) is 0 Å². The van der Waals surface area contributed by atoms with Crippen LogP contribution in [0.4, 0.5) is 0 Å². The largest absolute Gasteiger partial charge is 2.00 e. The van der Waals surface area contributed by atoms with Crippen molar-refractivity contribution in [3.8, 4) is 0 Å². The number of hydrogen-bond donors (Lipinski definition) is 0. The summed E-state index contributed by atoms with van der Waals surface area (Å²) < 4.78 is 56.1. The zero-order valence-corrected chi connectivity index (χ0v) is 28.2. The summed E-state index contributed by atoms with van der Waals surface area (Å²) in [5, 5.41) is 4.04. The monoisotopic (exact) mass is 678 g/mol. The number of nitrogens with zero attached hydrogens (tertiary/aromatic N) is 4. The van der Waals surface area contributed by atoms with Crippen molar-refractivity contribution < 1.29 is 36.3 Å². The fourth-order valence-electron chi connectivity index (χ4n) is 5.25. The van der Waals surface area contributed by atoms with Gasteiger partial charge in [-0.05, 0) is 58.3 Å². The Bertz CT molecular complexity index is 2210. The second kappa shape index (κ2) is 12.0. The van der Waals surface area contributed by atoms with Crippen molar-refractivity contribution in [2.75, 3.05) is 0 Å². The Balaban J connectivity index is 0.000000155. The topological polar surface area (TPSA) is 122 Å². The van der Waals surface area contributed by atoms with Crippen LogP contribution in [0.5, 0.6) is 0 Å². The maximum absolute atomic E-state index is 12.1. The number of fused-ring (bicyclic) bond motifs is 4. The van der Waals surface area contributed by atoms with E-state index < -0.39 is 20.0 Å². The molecule has 4 aromatic carbocycles. The third-order valence-electron chi connectivity index (χ3n) is 7.27. The van der Waals surface area contributed by atoms with Crippen molar-refractivity contribution >= 4 is 65.1 Å². The third-order valence-corrected chi connectivity index (χ3v) is 9.97. The summed E-state index contributed by atoms with van der Waals surface area (Å²) in [4.78, 5) is 9.22. The number of rotatable bonds is 2. The predicted molar refractivity (Wildman–Crippen MR) is 173 cm³/mol. The summed E-state index contributed by atoms with van der Waals surface area (Å²) in [5.74, 6) is 0. The first-order chi connectivity index (χ1) is 21.3. The van der Waals surface area contributed by atoms with Crippen LogP contribution in [0.15, 0.2) is 131 Å². The minimum atomic E-state index is -3.60. The van der Waals surface area contributed by atoms with E-state index in [-0.39, 0.29) is 29.3 Å². The van der Waals surface area contributed by atoms with Crippen molar-refractivity contribution in [1.29, 1.82) is 0 Å². The smallest absolute Gasteiger partial charge is 0.572 e. The number of benzene rings is 4. The zero-order chi connectivity index (χ0) is 30.3. The van der Waals surface area contributed by atoms with Gasteiger partial charge >= 0.3 is 19.5 Å². The van der Waals surface area contributed by atoms with Gasteiger partial charge in [0.25, 0.3) is 0 Å². The van der Waals surface area contributed by atoms with E-state index in [9.17, 15) is 16.8 Å². The number of pyridine rings is 2. The molecule has 0 fully saturated rings. The standard InChI is InChI=1S/2C17H11N2O2S.Zn/c2*20-22(21)17-8-4-3-7-14(17)16(19-22)11-15-13-6-2-1-5-12(13)9-10-18-15;/h2*1-11H;/q2*-1;+2/b2*16-11-;. The molecule has 0 bridgehead atoms. The van der Waals surface area contributed by atoms with Gasteiger partial charge in [0.05, 0.1) is 21.2 Å². The number of aromatic nitrogens is 2. The zero-order valence-electron chi connectivity index (χ0n) is 23.6. The number of hydrogen-bond acceptors (Lipinski definition) is 6. The Morgan fingerprint density at radius 1 is 0.489 bits per heavy atom. The molecule has 0 saturated heterocycles. The molecule has 0 radical (unpaired) electrons. The molecule has 8 nitrogen and oxygen atoms in total. The van der Waals surface area contributed by atoms with Gasteiger partial charge in [-0.3, -0.25) is 9.97 Å². The van der Waals surface area contributed by atoms with Crippen molar-refractivity contribution in [2.45, 2.75) is 9.79 Å². The SMILES string of the molecule is O=S1(=O)[N-]/C(=C\c2nccc3ccccc23)c2ccccc21.O=S1(=O)[N-]/C(=C\c2nccc3ccccc23)c2ccccc21.[Zn+2]. The van der Waals surface area contributed by atoms with Crippen molar-refractivity contribution in [3.05, 3.63) is 154 Å². The van der Waals surface area contributed by atoms with Gasteiger partial charge < -0.3 is 9.44 Å². The molecule has 2 aliphatic rings. The van der Waals surface area contributed by atoms with E-state index in [4.69, 9.17) is 0 Å². The van der Waals surface area contributed by atoms with Gasteiger partial charge in [0.15, 0.2) is 0 Å². The van der Waals surface area contributed by atoms with Crippen LogP contribution in [-0.4, -0.2) is 26.8 Å². The first-order valence-corrected chi connectivity index (χ1v) is 16.4. The minimum absolute atomic E-state index is 0. The molecule has 4 heterocycles. The van der Waals surface area contributed by atoms with E-state index in [0.29, 0.717) is 33.9 Å². The van der Waals surface area contributed by atoms with Gasteiger partial charge in [-0.1, -0.05) is 84.9 Å². The molecule has 216 valence electrons. The molecule has 0 amide bonds. The molecule has 8 rings (SSSR count). The summed E-state index contributed by atoms with van der Waals surface area (Å²) in [5.41, 5.74) is 3.53. The maximum atomic E-state index is 12.1. The van der Waals surface area contributed by atoms with E-state index >= 15 is 0 Å². The van der Waals surface area contributed by atoms with Crippen molar-refractivity contribution in [2.24, 2.45) is 0 Å². The molecular formula is C34H22N4O4S2Zn. The van der Waals surface area contributed by atoms with Crippen molar-refractivity contribution in [1.82, 2.24) is 9.97 Å². The van der Waals surface area contributed by atoms with E-state index in [1.165, 1.54) is 0 Å². The van der Waals surface area contributed by atoms with Gasteiger partial charge in [-0.25, -0.2) is 16.8 Å². The van der Waals surface area contributed by atoms with Crippen LogP contribution in [0, 0.1) is 0 Å². The average Bonchev–Trinajstić information content (AvgIpc) is 3.45. The predicted octanol–water partition coefficient (Wildman–Crippen LogP) is 7.62. The van der Waals surface area contributed by atoms with Crippen molar-refractivity contribution in [3.63, 3.8) is 0 Å². The molecular weight excluding hydrogens is 658 g/mol. The Labute approximate surface area is 273 Å². The number of sulfonamides is 2. The molecule has 45 heavy (non-hydrogen) atoms. The first kappa shape index (κ1) is 30.3. The summed E-state index contributed by atoms with van der Waals surface area (Å²) >= 11 is 0. The van der Waals surface area contributed by atoms with Gasteiger partial charge in [-0.2, -0.15) is 0 Å². The summed E-state index contributed by atoms with van der Waals surface area (Å²) in [6.07, 6.45) is 6.88. The molecule has 0 spiro atoms. The minimum Gasteiger partial charge on any atom is -0.572 e. The molecule has 0 saturated carbocycles. The molecule has 6 aromatic rings. The first-order valence-electron chi connectivity index (χ1n) is 13.6. The molecule has 0 aliphatic carbocycles. The molecule has 0 N–H and O–H groups in total. The Kier molecular flexibility index (Phi) is 8.09. The Hall–Kier alpha value is -4.70. The molecule has 2 aromatic heterocycles. The summed E-state index contributed by atoms with van der Waals surface area (Å²) in [6, 6.07) is 33.2. The summed E-state index contributed by atoms with van der Waals surface area (Å²) in [6.45, 7) is 0. The van der Waals surface area contributed by atoms with Gasteiger partial charge in [0, 0.05) is 23.2 Å². The summed E-state index contributed by atoms with van der Waals surface area (Å²) in [7, 11) is -7.20. The second-order valence-corrected chi connectivity index (χ2v) is 13.2. The van der Waals surface area contributed by atoms with Crippen LogP contribution in [0.3, 0.4) is 0 Å². The molecule has 0 atom stereocenters. The van der Waals surface area contributed by atoms with Gasteiger partial charge in [-0.15, -0.1) is 11.4 Å². The third kappa shape index (κ3) is 5.78. The van der Waals surface area contributed by atoms with E-state index in [0.717, 1.165) is 21.5 Å². The molecule has 11 heteroatoms. The van der Waals surface area contributed by atoms with E-state index in [1.54, 1.807) is 73.1 Å².